The summed E-state index contributed by atoms with van der Waals surface area (Å²) in [5.74, 6) is -4.25. The van der Waals surface area contributed by atoms with Gasteiger partial charge in [0.1, 0.15) is 11.7 Å². The van der Waals surface area contributed by atoms with Gasteiger partial charge in [-0.15, -0.1) is 0 Å². The molecule has 3 N–H and O–H groups in total. The van der Waals surface area contributed by atoms with Crippen LogP contribution >= 0.6 is 0 Å². The Balaban J connectivity index is 1.91. The summed E-state index contributed by atoms with van der Waals surface area (Å²) in [6.07, 6.45) is -9.46. The summed E-state index contributed by atoms with van der Waals surface area (Å²) in [4.78, 5) is 16.9. The smallest absolute Gasteiger partial charge is 0.422 e. The van der Waals surface area contributed by atoms with Crippen molar-refractivity contribution < 1.29 is 45.0 Å². The highest BCUT2D eigenvalue weighted by atomic mass is 19.4. The maximum absolute atomic E-state index is 14.2. The minimum Gasteiger partial charge on any atom is -0.493 e. The van der Waals surface area contributed by atoms with Crippen LogP contribution in [-0.2, 0) is 5.54 Å². The highest BCUT2D eigenvalue weighted by Gasteiger charge is 2.42. The number of halogens is 7. The molecule has 6 nitrogen and oxygen atoms in total. The first-order chi connectivity index (χ1) is 18.5. The zero-order valence-corrected chi connectivity index (χ0v) is 21.6. The van der Waals surface area contributed by atoms with Gasteiger partial charge >= 0.3 is 12.4 Å². The lowest BCUT2D eigenvalue weighted by Crippen LogP contribution is -2.36. The number of nitrogens with one attached hydrogen (secondary N) is 1. The fourth-order valence-corrected chi connectivity index (χ4v) is 3.64. The van der Waals surface area contributed by atoms with Gasteiger partial charge in [0.05, 0.1) is 18.5 Å². The summed E-state index contributed by atoms with van der Waals surface area (Å²) in [7, 11) is 1.13. The van der Waals surface area contributed by atoms with E-state index < -0.39 is 54.4 Å². The Kier molecular flexibility index (Phi) is 8.97. The number of carbonyl (C=O) groups is 1. The Hall–Kier alpha value is -3.87. The van der Waals surface area contributed by atoms with Gasteiger partial charge < -0.3 is 20.5 Å². The van der Waals surface area contributed by atoms with Gasteiger partial charge in [-0.25, -0.2) is 4.39 Å². The quantitative estimate of drug-likeness (QED) is 0.302. The number of hydrogen-bond donors (Lipinski definition) is 2. The van der Waals surface area contributed by atoms with Crippen LogP contribution in [0, 0.1) is 5.82 Å². The van der Waals surface area contributed by atoms with Crippen LogP contribution in [0.5, 0.6) is 11.5 Å². The Bertz CT molecular complexity index is 1340. The van der Waals surface area contributed by atoms with Crippen molar-refractivity contribution in [2.45, 2.75) is 37.7 Å². The minimum atomic E-state index is -4.84. The van der Waals surface area contributed by atoms with Gasteiger partial charge in [0.2, 0.25) is 0 Å². The minimum absolute atomic E-state index is 0.130. The average Bonchev–Trinajstić information content (AvgIpc) is 2.85. The molecule has 0 spiro atoms. The predicted octanol–water partition coefficient (Wildman–Crippen LogP) is 6.11. The third kappa shape index (κ3) is 8.07. The number of hydrogen-bond acceptors (Lipinski definition) is 5. The Morgan fingerprint density at radius 3 is 2.17 bits per heavy atom. The van der Waals surface area contributed by atoms with Crippen LogP contribution < -0.4 is 20.5 Å². The first-order valence-electron chi connectivity index (χ1n) is 11.8. The van der Waals surface area contributed by atoms with Gasteiger partial charge in [-0.1, -0.05) is 0 Å². The largest absolute Gasteiger partial charge is 0.493 e. The van der Waals surface area contributed by atoms with Crippen LogP contribution in [0.3, 0.4) is 0 Å². The lowest BCUT2D eigenvalue weighted by molar-refractivity contribution is -0.153. The molecule has 40 heavy (non-hydrogen) atoms. The molecule has 0 aliphatic heterocycles. The molecule has 1 unspecified atom stereocenters. The van der Waals surface area contributed by atoms with Crippen molar-refractivity contribution in [2.75, 3.05) is 20.3 Å². The highest BCUT2D eigenvalue weighted by Crippen LogP contribution is 2.37. The number of methoxy groups -OCH3 is 1. The van der Waals surface area contributed by atoms with E-state index in [9.17, 15) is 35.5 Å². The number of ether oxygens (including phenoxy) is 2. The fraction of sp³-hybridized carbons (Fsp3) is 0.333. The van der Waals surface area contributed by atoms with Crippen LogP contribution in [0.25, 0.3) is 11.3 Å². The third-order valence-electron chi connectivity index (χ3n) is 5.77. The topological polar surface area (TPSA) is 86.5 Å². The molecule has 0 aliphatic carbocycles. The summed E-state index contributed by atoms with van der Waals surface area (Å²) < 4.78 is 103. The number of rotatable bonds is 9. The number of benzene rings is 2. The number of aromatic nitrogens is 1. The van der Waals surface area contributed by atoms with Gasteiger partial charge in [0, 0.05) is 23.2 Å². The fourth-order valence-electron chi connectivity index (χ4n) is 3.64. The van der Waals surface area contributed by atoms with E-state index >= 15 is 0 Å². The molecule has 13 heteroatoms. The monoisotopic (exact) mass is 573 g/mol. The lowest BCUT2D eigenvalue weighted by Gasteiger charge is -2.25. The average molecular weight is 574 g/mol. The standard InChI is InChI=1S/C27H26F7N3O3/c1-25(2,35)17-11-20(15-4-7-18(28)8-5-15)37-21(12-17)19(27(32,33)34)13-36-24(38)16-6-9-22(23(10-16)39-3)40-14-26(29,30)31/h4-12,19H,13-14,35H2,1-3H3,(H,36,38). The van der Waals surface area contributed by atoms with Crippen molar-refractivity contribution in [3.05, 3.63) is 77.2 Å². The number of alkyl halides is 6. The van der Waals surface area contributed by atoms with E-state index in [-0.39, 0.29) is 22.8 Å². The van der Waals surface area contributed by atoms with Gasteiger partial charge in [-0.05, 0) is 74.0 Å². The Labute approximate surface area is 225 Å². The van der Waals surface area contributed by atoms with Crippen LogP contribution in [0.2, 0.25) is 0 Å². The van der Waals surface area contributed by atoms with Gasteiger partial charge in [0.25, 0.3) is 5.91 Å². The maximum atomic E-state index is 14.2. The van der Waals surface area contributed by atoms with Crippen molar-refractivity contribution in [3.8, 4) is 22.8 Å². The Morgan fingerprint density at radius 1 is 0.975 bits per heavy atom. The zero-order chi connectivity index (χ0) is 29.9. The SMILES string of the molecule is COc1cc(C(=O)NCC(c2cc(C(C)(C)N)cc(-c3ccc(F)cc3)n2)C(F)(F)F)ccc1OCC(F)(F)F. The van der Waals surface area contributed by atoms with E-state index in [1.807, 2.05) is 0 Å². The van der Waals surface area contributed by atoms with Crippen LogP contribution in [0.4, 0.5) is 30.7 Å². The number of amides is 1. The van der Waals surface area contributed by atoms with Crippen molar-refractivity contribution >= 4 is 5.91 Å². The molecule has 0 bridgehead atoms. The number of carbonyl (C=O) groups excluding carboxylic acids is 1. The van der Waals surface area contributed by atoms with Crippen LogP contribution in [0.1, 0.15) is 41.4 Å². The summed E-state index contributed by atoms with van der Waals surface area (Å²) in [6, 6.07) is 10.9. The number of nitrogens with two attached hydrogens (primary N) is 1. The maximum Gasteiger partial charge on any atom is 0.422 e. The van der Waals surface area contributed by atoms with E-state index in [0.29, 0.717) is 11.1 Å². The molecule has 0 aliphatic rings. The molecule has 1 heterocycles. The second-order valence-electron chi connectivity index (χ2n) is 9.47. The summed E-state index contributed by atoms with van der Waals surface area (Å²) in [5, 5.41) is 2.20. The molecule has 0 radical (unpaired) electrons. The first-order valence-corrected chi connectivity index (χ1v) is 11.8. The number of pyridine rings is 1. The van der Waals surface area contributed by atoms with E-state index in [4.69, 9.17) is 10.5 Å². The molecule has 0 saturated carbocycles. The second-order valence-corrected chi connectivity index (χ2v) is 9.47. The van der Waals surface area contributed by atoms with E-state index in [1.165, 1.54) is 24.3 Å². The number of nitrogens with zero attached hydrogens (tertiary/aromatic N) is 1. The zero-order valence-electron chi connectivity index (χ0n) is 21.6. The molecule has 0 saturated heterocycles. The molecule has 216 valence electrons. The van der Waals surface area contributed by atoms with Gasteiger partial charge in [-0.2, -0.15) is 26.3 Å². The van der Waals surface area contributed by atoms with E-state index in [2.05, 4.69) is 15.0 Å². The molecular formula is C27H26F7N3O3. The normalized spacial score (nSPS) is 13.1. The predicted molar refractivity (Wildman–Crippen MR) is 133 cm³/mol. The summed E-state index contributed by atoms with van der Waals surface area (Å²) in [5.41, 5.74) is 5.34. The summed E-state index contributed by atoms with van der Waals surface area (Å²) in [6.45, 7) is 0.676. The molecule has 1 amide bonds. The second kappa shape index (κ2) is 11.7. The van der Waals surface area contributed by atoms with Gasteiger partial charge in [0.15, 0.2) is 18.1 Å². The molecule has 1 atom stereocenters. The highest BCUT2D eigenvalue weighted by molar-refractivity contribution is 5.95. The molecule has 1 aromatic heterocycles. The van der Waals surface area contributed by atoms with Crippen LogP contribution in [-0.4, -0.2) is 43.5 Å². The van der Waals surface area contributed by atoms with Crippen molar-refractivity contribution in [3.63, 3.8) is 0 Å². The van der Waals surface area contributed by atoms with E-state index in [0.717, 1.165) is 37.4 Å². The molecule has 3 aromatic rings. The summed E-state index contributed by atoms with van der Waals surface area (Å²) >= 11 is 0. The van der Waals surface area contributed by atoms with E-state index in [1.54, 1.807) is 13.8 Å². The molecule has 0 fully saturated rings. The van der Waals surface area contributed by atoms with Crippen molar-refractivity contribution in [1.82, 2.24) is 10.3 Å². The molecule has 2 aromatic carbocycles. The van der Waals surface area contributed by atoms with Crippen molar-refractivity contribution in [1.29, 1.82) is 0 Å². The third-order valence-corrected chi connectivity index (χ3v) is 5.77. The van der Waals surface area contributed by atoms with Crippen LogP contribution in [0.15, 0.2) is 54.6 Å². The van der Waals surface area contributed by atoms with Gasteiger partial charge in [-0.3, -0.25) is 9.78 Å². The molecule has 3 rings (SSSR count). The molecular weight excluding hydrogens is 547 g/mol. The lowest BCUT2D eigenvalue weighted by atomic mass is 9.91. The Morgan fingerprint density at radius 2 is 1.62 bits per heavy atom. The first kappa shape index (κ1) is 30.7. The van der Waals surface area contributed by atoms with Crippen molar-refractivity contribution in [2.24, 2.45) is 5.73 Å².